The molecule has 1 rings (SSSR count). The summed E-state index contributed by atoms with van der Waals surface area (Å²) < 4.78 is 47.4. The molecule has 0 fully saturated rings. The van der Waals surface area contributed by atoms with Crippen LogP contribution in [0, 0.1) is 0 Å². The van der Waals surface area contributed by atoms with Gasteiger partial charge in [-0.05, 0) is 5.19 Å². The van der Waals surface area contributed by atoms with Crippen LogP contribution < -0.4 is 5.19 Å². The maximum absolute atomic E-state index is 12.3. The molecular weight excluding hydrogens is 249 g/mol. The van der Waals surface area contributed by atoms with Crippen molar-refractivity contribution in [2.75, 3.05) is 14.2 Å². The molecule has 0 amide bonds. The molecule has 0 bridgehead atoms. The van der Waals surface area contributed by atoms with Gasteiger partial charge in [-0.2, -0.15) is 13.2 Å². The molecule has 0 N–H and O–H groups in total. The highest BCUT2D eigenvalue weighted by Gasteiger charge is 2.42. The summed E-state index contributed by atoms with van der Waals surface area (Å²) in [6, 6.07) is 8.70. The second kappa shape index (κ2) is 5.66. The molecule has 0 atom stereocenters. The summed E-state index contributed by atoms with van der Waals surface area (Å²) >= 11 is 0. The molecule has 1 aromatic rings. The van der Waals surface area contributed by atoms with Gasteiger partial charge in [0.2, 0.25) is 0 Å². The Morgan fingerprint density at radius 2 is 1.59 bits per heavy atom. The Hall–Kier alpha value is -0.853. The molecule has 0 saturated carbocycles. The van der Waals surface area contributed by atoms with Gasteiger partial charge in [0.1, 0.15) is 0 Å². The minimum Gasteiger partial charge on any atom is -0.394 e. The SMILES string of the molecule is CO[Si](CCC(F)(F)F)(OC)c1ccccc1. The van der Waals surface area contributed by atoms with Crippen molar-refractivity contribution in [2.24, 2.45) is 0 Å². The lowest BCUT2D eigenvalue weighted by molar-refractivity contribution is -0.131. The number of halogens is 3. The predicted octanol–water partition coefficient (Wildman–Crippen LogP) is 2.58. The van der Waals surface area contributed by atoms with E-state index in [1.165, 1.54) is 14.2 Å². The van der Waals surface area contributed by atoms with Gasteiger partial charge in [-0.1, -0.05) is 30.3 Å². The Morgan fingerprint density at radius 3 is 2.00 bits per heavy atom. The van der Waals surface area contributed by atoms with Gasteiger partial charge < -0.3 is 8.85 Å². The van der Waals surface area contributed by atoms with Crippen molar-refractivity contribution >= 4 is 13.7 Å². The molecule has 0 saturated heterocycles. The smallest absolute Gasteiger partial charge is 0.389 e. The highest BCUT2D eigenvalue weighted by Crippen LogP contribution is 2.26. The van der Waals surface area contributed by atoms with Gasteiger partial charge in [0, 0.05) is 26.7 Å². The zero-order chi connectivity index (χ0) is 12.9. The lowest BCUT2D eigenvalue weighted by atomic mass is 10.4. The molecule has 1 aromatic carbocycles. The van der Waals surface area contributed by atoms with E-state index in [0.29, 0.717) is 5.19 Å². The van der Waals surface area contributed by atoms with E-state index in [1.54, 1.807) is 30.3 Å². The molecule has 0 heterocycles. The van der Waals surface area contributed by atoms with Crippen molar-refractivity contribution < 1.29 is 22.0 Å². The fourth-order valence-electron chi connectivity index (χ4n) is 1.67. The van der Waals surface area contributed by atoms with Crippen LogP contribution >= 0.6 is 0 Å². The minimum atomic E-state index is -4.19. The average molecular weight is 264 g/mol. The van der Waals surface area contributed by atoms with E-state index < -0.39 is 21.2 Å². The lowest BCUT2D eigenvalue weighted by Gasteiger charge is -2.28. The summed E-state index contributed by atoms with van der Waals surface area (Å²) in [6.07, 6.45) is -5.08. The highest BCUT2D eigenvalue weighted by molar-refractivity contribution is 6.81. The topological polar surface area (TPSA) is 18.5 Å². The summed E-state index contributed by atoms with van der Waals surface area (Å²) in [5.74, 6) is 0. The first-order chi connectivity index (χ1) is 7.93. The summed E-state index contributed by atoms with van der Waals surface area (Å²) in [5.41, 5.74) is 0. The zero-order valence-corrected chi connectivity index (χ0v) is 10.8. The van der Waals surface area contributed by atoms with Crippen LogP contribution in [0.4, 0.5) is 13.2 Å². The third-order valence-electron chi connectivity index (χ3n) is 2.61. The summed E-state index contributed by atoms with van der Waals surface area (Å²) in [7, 11) is -0.146. The van der Waals surface area contributed by atoms with Crippen molar-refractivity contribution in [3.8, 4) is 0 Å². The Kier molecular flexibility index (Phi) is 4.73. The van der Waals surface area contributed by atoms with Gasteiger partial charge in [0.15, 0.2) is 0 Å². The first kappa shape index (κ1) is 14.2. The summed E-state index contributed by atoms with van der Waals surface area (Å²) in [4.78, 5) is 0. The van der Waals surface area contributed by atoms with E-state index in [1.807, 2.05) is 0 Å². The van der Waals surface area contributed by atoms with Gasteiger partial charge in [-0.3, -0.25) is 0 Å². The van der Waals surface area contributed by atoms with Crippen LogP contribution in [0.25, 0.3) is 0 Å². The molecule has 6 heteroatoms. The fraction of sp³-hybridized carbons (Fsp3) is 0.455. The molecule has 0 aliphatic heterocycles. The van der Waals surface area contributed by atoms with Crippen LogP contribution in [0.3, 0.4) is 0 Å². The van der Waals surface area contributed by atoms with Crippen molar-refractivity contribution in [3.63, 3.8) is 0 Å². The maximum Gasteiger partial charge on any atom is 0.389 e. The van der Waals surface area contributed by atoms with E-state index >= 15 is 0 Å². The molecular formula is C11H15F3O2Si. The van der Waals surface area contributed by atoms with Crippen LogP contribution in [0.15, 0.2) is 30.3 Å². The third-order valence-corrected chi connectivity index (χ3v) is 6.05. The van der Waals surface area contributed by atoms with E-state index in [-0.39, 0.29) is 6.04 Å². The molecule has 0 aliphatic rings. The van der Waals surface area contributed by atoms with E-state index in [9.17, 15) is 13.2 Å². The molecule has 96 valence electrons. The van der Waals surface area contributed by atoms with E-state index in [4.69, 9.17) is 8.85 Å². The van der Waals surface area contributed by atoms with Gasteiger partial charge in [0.05, 0.1) is 0 Å². The Labute approximate surface area is 99.6 Å². The van der Waals surface area contributed by atoms with Crippen molar-refractivity contribution in [3.05, 3.63) is 30.3 Å². The quantitative estimate of drug-likeness (QED) is 0.761. The van der Waals surface area contributed by atoms with Crippen LogP contribution in [0.2, 0.25) is 6.04 Å². The molecule has 0 unspecified atom stereocenters. The fourth-order valence-corrected chi connectivity index (χ4v) is 4.31. The number of hydrogen-bond donors (Lipinski definition) is 0. The second-order valence-corrected chi connectivity index (χ2v) is 7.04. The Balaban J connectivity index is 2.90. The molecule has 0 aliphatic carbocycles. The van der Waals surface area contributed by atoms with E-state index in [2.05, 4.69) is 0 Å². The second-order valence-electron chi connectivity index (χ2n) is 3.64. The number of rotatable bonds is 5. The Morgan fingerprint density at radius 1 is 1.06 bits per heavy atom. The average Bonchev–Trinajstić information content (AvgIpc) is 2.31. The number of benzene rings is 1. The monoisotopic (exact) mass is 264 g/mol. The molecule has 0 spiro atoms. The largest absolute Gasteiger partial charge is 0.394 e. The molecule has 2 nitrogen and oxygen atoms in total. The molecule has 17 heavy (non-hydrogen) atoms. The van der Waals surface area contributed by atoms with Crippen molar-refractivity contribution in [1.29, 1.82) is 0 Å². The minimum absolute atomic E-state index is 0.131. The zero-order valence-electron chi connectivity index (χ0n) is 9.75. The first-order valence-electron chi connectivity index (χ1n) is 5.16. The summed E-state index contributed by atoms with van der Waals surface area (Å²) in [5, 5.41) is 0.717. The van der Waals surface area contributed by atoms with E-state index in [0.717, 1.165) is 0 Å². The van der Waals surface area contributed by atoms with Crippen LogP contribution in [0.1, 0.15) is 6.42 Å². The molecule has 0 aromatic heterocycles. The maximum atomic E-state index is 12.3. The van der Waals surface area contributed by atoms with Crippen molar-refractivity contribution in [2.45, 2.75) is 18.6 Å². The lowest BCUT2D eigenvalue weighted by Crippen LogP contribution is -2.52. The van der Waals surface area contributed by atoms with Gasteiger partial charge >= 0.3 is 14.7 Å². The number of alkyl halides is 3. The number of hydrogen-bond acceptors (Lipinski definition) is 2. The van der Waals surface area contributed by atoms with Crippen LogP contribution in [-0.2, 0) is 8.85 Å². The van der Waals surface area contributed by atoms with Gasteiger partial charge in [0.25, 0.3) is 0 Å². The highest BCUT2D eigenvalue weighted by atomic mass is 28.4. The predicted molar refractivity (Wildman–Crippen MR) is 61.3 cm³/mol. The van der Waals surface area contributed by atoms with Gasteiger partial charge in [-0.15, -0.1) is 0 Å². The third kappa shape index (κ3) is 3.83. The normalized spacial score (nSPS) is 12.8. The first-order valence-corrected chi connectivity index (χ1v) is 7.18. The summed E-state index contributed by atoms with van der Waals surface area (Å²) in [6.45, 7) is 0. The van der Waals surface area contributed by atoms with Gasteiger partial charge in [-0.25, -0.2) is 0 Å². The van der Waals surface area contributed by atoms with Crippen LogP contribution in [-0.4, -0.2) is 29.0 Å². The van der Waals surface area contributed by atoms with Crippen molar-refractivity contribution in [1.82, 2.24) is 0 Å². The Bertz CT molecular complexity index is 336. The standard InChI is InChI=1S/C11H15F3O2Si/c1-15-17(16-2,9-8-11(12,13)14)10-6-4-3-5-7-10/h3-7H,8-9H2,1-2H3. The molecule has 0 radical (unpaired) electrons. The van der Waals surface area contributed by atoms with Crippen LogP contribution in [0.5, 0.6) is 0 Å².